The number of halogens is 1. The molecule has 0 aromatic heterocycles. The molecule has 0 saturated carbocycles. The van der Waals surface area contributed by atoms with Crippen molar-refractivity contribution in [2.24, 2.45) is 0 Å². The maximum atomic E-state index is 12.3. The molecule has 2 rings (SSSR count). The second-order valence-corrected chi connectivity index (χ2v) is 8.53. The molecule has 0 unspecified atom stereocenters. The van der Waals surface area contributed by atoms with Crippen molar-refractivity contribution in [3.8, 4) is 0 Å². The molecule has 0 bridgehead atoms. The number of nitrogens with zero attached hydrogens (tertiary/aromatic N) is 1. The zero-order chi connectivity index (χ0) is 21.8. The standard InChI is InChI=1S/C19H21ClN2O6S/c1-12-8-13(2)18(16(20)9-12)21-17(23)11-28-19(24)14-6-5-7-15(10-14)29(25,26)22(3)27-4/h5-10H,11H2,1-4H3,(H,21,23). The summed E-state index contributed by atoms with van der Waals surface area (Å²) >= 11 is 6.14. The first-order valence-electron chi connectivity index (χ1n) is 8.43. The SMILES string of the molecule is CON(C)S(=O)(=O)c1cccc(C(=O)OCC(=O)Nc2c(C)cc(C)cc2Cl)c1. The lowest BCUT2D eigenvalue weighted by molar-refractivity contribution is -0.119. The molecule has 2 aromatic carbocycles. The molecular weight excluding hydrogens is 420 g/mol. The molecule has 0 spiro atoms. The fourth-order valence-corrected chi connectivity index (χ4v) is 3.88. The van der Waals surface area contributed by atoms with Crippen LogP contribution in [0.15, 0.2) is 41.3 Å². The second kappa shape index (κ2) is 9.36. The molecule has 2 aromatic rings. The van der Waals surface area contributed by atoms with Crippen molar-refractivity contribution in [3.63, 3.8) is 0 Å². The highest BCUT2D eigenvalue weighted by Gasteiger charge is 2.22. The van der Waals surface area contributed by atoms with E-state index in [0.717, 1.165) is 17.2 Å². The molecule has 0 aliphatic heterocycles. The Morgan fingerprint density at radius 3 is 2.48 bits per heavy atom. The Morgan fingerprint density at radius 2 is 1.86 bits per heavy atom. The molecule has 8 nitrogen and oxygen atoms in total. The normalized spacial score (nSPS) is 11.4. The molecule has 0 aliphatic rings. The van der Waals surface area contributed by atoms with E-state index >= 15 is 0 Å². The Hall–Kier alpha value is -2.46. The Bertz CT molecular complexity index is 1020. The van der Waals surface area contributed by atoms with Gasteiger partial charge in [0, 0.05) is 7.05 Å². The van der Waals surface area contributed by atoms with Gasteiger partial charge in [0.2, 0.25) is 0 Å². The van der Waals surface area contributed by atoms with E-state index < -0.39 is 28.5 Å². The fraction of sp³-hybridized carbons (Fsp3) is 0.263. The van der Waals surface area contributed by atoms with E-state index in [9.17, 15) is 18.0 Å². The molecule has 0 heterocycles. The van der Waals surface area contributed by atoms with Crippen molar-refractivity contribution in [1.29, 1.82) is 0 Å². The van der Waals surface area contributed by atoms with Crippen LogP contribution in [0, 0.1) is 13.8 Å². The lowest BCUT2D eigenvalue weighted by Crippen LogP contribution is -2.26. The van der Waals surface area contributed by atoms with Crippen molar-refractivity contribution in [2.75, 3.05) is 26.1 Å². The van der Waals surface area contributed by atoms with Crippen LogP contribution in [0.1, 0.15) is 21.5 Å². The smallest absolute Gasteiger partial charge is 0.338 e. The van der Waals surface area contributed by atoms with Gasteiger partial charge in [-0.3, -0.25) is 9.63 Å². The summed E-state index contributed by atoms with van der Waals surface area (Å²) in [7, 11) is -1.49. The molecule has 0 saturated heterocycles. The van der Waals surface area contributed by atoms with Crippen molar-refractivity contribution in [3.05, 3.63) is 58.1 Å². The summed E-state index contributed by atoms with van der Waals surface area (Å²) in [6.07, 6.45) is 0. The third-order valence-corrected chi connectivity index (χ3v) is 5.97. The third-order valence-electron chi connectivity index (χ3n) is 3.99. The van der Waals surface area contributed by atoms with Crippen molar-refractivity contribution < 1.29 is 27.6 Å². The van der Waals surface area contributed by atoms with Gasteiger partial charge in [0.15, 0.2) is 6.61 Å². The van der Waals surface area contributed by atoms with Crippen LogP contribution in [-0.4, -0.2) is 45.5 Å². The average molecular weight is 441 g/mol. The van der Waals surface area contributed by atoms with Gasteiger partial charge in [-0.2, -0.15) is 0 Å². The average Bonchev–Trinajstić information content (AvgIpc) is 2.68. The largest absolute Gasteiger partial charge is 0.452 e. The van der Waals surface area contributed by atoms with Crippen LogP contribution in [0.3, 0.4) is 0 Å². The minimum Gasteiger partial charge on any atom is -0.452 e. The van der Waals surface area contributed by atoms with Gasteiger partial charge in [-0.1, -0.05) is 28.2 Å². The summed E-state index contributed by atoms with van der Waals surface area (Å²) in [6, 6.07) is 8.80. The van der Waals surface area contributed by atoms with Crippen LogP contribution in [0.5, 0.6) is 0 Å². The van der Waals surface area contributed by atoms with Crippen LogP contribution in [-0.2, 0) is 24.4 Å². The predicted octanol–water partition coefficient (Wildman–Crippen LogP) is 2.93. The molecule has 10 heteroatoms. The maximum Gasteiger partial charge on any atom is 0.338 e. The Kier molecular flexibility index (Phi) is 7.37. The number of sulfonamides is 1. The van der Waals surface area contributed by atoms with E-state index in [0.29, 0.717) is 15.2 Å². The Morgan fingerprint density at radius 1 is 1.17 bits per heavy atom. The molecule has 29 heavy (non-hydrogen) atoms. The molecule has 0 aliphatic carbocycles. The van der Waals surface area contributed by atoms with Crippen LogP contribution in [0.4, 0.5) is 5.69 Å². The number of esters is 1. The first-order chi connectivity index (χ1) is 13.6. The Balaban J connectivity index is 2.06. The van der Waals surface area contributed by atoms with Crippen LogP contribution >= 0.6 is 11.6 Å². The highest BCUT2D eigenvalue weighted by atomic mass is 35.5. The zero-order valence-electron chi connectivity index (χ0n) is 16.4. The van der Waals surface area contributed by atoms with Gasteiger partial charge < -0.3 is 10.1 Å². The predicted molar refractivity (Wildman–Crippen MR) is 108 cm³/mol. The molecule has 1 N–H and O–H groups in total. The van der Waals surface area contributed by atoms with Crippen LogP contribution in [0.25, 0.3) is 0 Å². The number of rotatable bonds is 7. The first kappa shape index (κ1) is 22.8. The quantitative estimate of drug-likeness (QED) is 0.524. The van der Waals surface area contributed by atoms with Crippen molar-refractivity contribution >= 4 is 39.2 Å². The summed E-state index contributed by atoms with van der Waals surface area (Å²) in [5, 5.41) is 2.98. The summed E-state index contributed by atoms with van der Waals surface area (Å²) in [4.78, 5) is 28.9. The molecule has 0 fully saturated rings. The highest BCUT2D eigenvalue weighted by molar-refractivity contribution is 7.89. The molecule has 0 radical (unpaired) electrons. The number of hydrogen-bond acceptors (Lipinski definition) is 6. The minimum absolute atomic E-state index is 0.0204. The molecule has 1 amide bonds. The number of hydrogen-bond donors (Lipinski definition) is 1. The van der Waals surface area contributed by atoms with Gasteiger partial charge in [-0.05, 0) is 49.2 Å². The van der Waals surface area contributed by atoms with Gasteiger partial charge in [-0.25, -0.2) is 13.2 Å². The van der Waals surface area contributed by atoms with Crippen LogP contribution < -0.4 is 5.32 Å². The number of anilines is 1. The van der Waals surface area contributed by atoms with E-state index in [1.54, 1.807) is 13.0 Å². The zero-order valence-corrected chi connectivity index (χ0v) is 17.9. The number of hydroxylamine groups is 1. The van der Waals surface area contributed by atoms with Crippen LogP contribution in [0.2, 0.25) is 5.02 Å². The van der Waals surface area contributed by atoms with Gasteiger partial charge in [0.05, 0.1) is 28.3 Å². The monoisotopic (exact) mass is 440 g/mol. The Labute approximate surface area is 174 Å². The number of amides is 1. The van der Waals surface area contributed by atoms with Gasteiger partial charge >= 0.3 is 5.97 Å². The third kappa shape index (κ3) is 5.54. The summed E-state index contributed by atoms with van der Waals surface area (Å²) in [5.74, 6) is -1.42. The van der Waals surface area contributed by atoms with E-state index in [2.05, 4.69) is 5.32 Å². The lowest BCUT2D eigenvalue weighted by atomic mass is 10.1. The summed E-state index contributed by atoms with van der Waals surface area (Å²) < 4.78 is 30.2. The maximum absolute atomic E-state index is 12.3. The molecule has 156 valence electrons. The van der Waals surface area contributed by atoms with Crippen molar-refractivity contribution in [1.82, 2.24) is 4.47 Å². The number of benzene rings is 2. The molecular formula is C19H21ClN2O6S. The summed E-state index contributed by atoms with van der Waals surface area (Å²) in [5.41, 5.74) is 2.14. The number of aryl methyl sites for hydroxylation is 2. The van der Waals surface area contributed by atoms with Gasteiger partial charge in [0.1, 0.15) is 0 Å². The van der Waals surface area contributed by atoms with Gasteiger partial charge in [-0.15, -0.1) is 0 Å². The topological polar surface area (TPSA) is 102 Å². The number of carbonyl (C=O) groups is 2. The lowest BCUT2D eigenvalue weighted by Gasteiger charge is -2.14. The van der Waals surface area contributed by atoms with Gasteiger partial charge in [0.25, 0.3) is 15.9 Å². The first-order valence-corrected chi connectivity index (χ1v) is 10.2. The number of carbonyl (C=O) groups excluding carboxylic acids is 2. The molecule has 0 atom stereocenters. The fourth-order valence-electron chi connectivity index (χ4n) is 2.49. The number of ether oxygens (including phenoxy) is 1. The highest BCUT2D eigenvalue weighted by Crippen LogP contribution is 2.27. The minimum atomic E-state index is -3.92. The van der Waals surface area contributed by atoms with E-state index in [-0.39, 0.29) is 10.5 Å². The van der Waals surface area contributed by atoms with E-state index in [4.69, 9.17) is 21.2 Å². The van der Waals surface area contributed by atoms with E-state index in [1.807, 2.05) is 13.0 Å². The van der Waals surface area contributed by atoms with E-state index in [1.165, 1.54) is 32.4 Å². The van der Waals surface area contributed by atoms with Crippen molar-refractivity contribution in [2.45, 2.75) is 18.7 Å². The number of nitrogens with one attached hydrogen (secondary N) is 1. The summed E-state index contributed by atoms with van der Waals surface area (Å²) in [6.45, 7) is 3.12. The second-order valence-electron chi connectivity index (χ2n) is 6.19.